The lowest BCUT2D eigenvalue weighted by atomic mass is 10.1. The fourth-order valence-corrected chi connectivity index (χ4v) is 1.15. The van der Waals surface area contributed by atoms with E-state index in [-0.39, 0.29) is 6.04 Å². The first-order valence-electron chi connectivity index (χ1n) is 4.33. The van der Waals surface area contributed by atoms with Crippen molar-refractivity contribution < 1.29 is 0 Å². The number of hydrogen-bond acceptors (Lipinski definition) is 3. The van der Waals surface area contributed by atoms with Crippen molar-refractivity contribution in [1.29, 1.82) is 0 Å². The molecule has 0 aliphatic heterocycles. The number of hydrogen-bond donors (Lipinski definition) is 1. The van der Waals surface area contributed by atoms with Gasteiger partial charge < -0.3 is 5.32 Å². The minimum absolute atomic E-state index is 0.00882. The third-order valence-electron chi connectivity index (χ3n) is 1.77. The second-order valence-electron chi connectivity index (χ2n) is 3.26. The molecule has 0 aromatic carbocycles. The monoisotopic (exact) mass is 253 g/mol. The van der Waals surface area contributed by atoms with Gasteiger partial charge in [0.1, 0.15) is 10.4 Å². The highest BCUT2D eigenvalue weighted by molar-refractivity contribution is 9.10. The van der Waals surface area contributed by atoms with Crippen LogP contribution in [0.1, 0.15) is 13.8 Å². The topological polar surface area (TPSA) is 37.8 Å². The third kappa shape index (κ3) is 3.00. The van der Waals surface area contributed by atoms with Crippen molar-refractivity contribution in [2.75, 3.05) is 5.32 Å². The molecule has 0 aliphatic rings. The van der Waals surface area contributed by atoms with Gasteiger partial charge in [-0.3, -0.25) is 0 Å². The van der Waals surface area contributed by atoms with Crippen LogP contribution in [0.15, 0.2) is 17.0 Å². The molecule has 4 heteroatoms. The minimum Gasteiger partial charge on any atom is -0.355 e. The summed E-state index contributed by atoms with van der Waals surface area (Å²) in [6.45, 7) is 4.12. The number of nitrogens with one attached hydrogen (secondary N) is 1. The number of halogens is 1. The normalized spacial score (nSPS) is 12.2. The summed E-state index contributed by atoms with van der Waals surface area (Å²) in [6, 6.07) is -0.00882. The van der Waals surface area contributed by atoms with E-state index in [0.717, 1.165) is 0 Å². The largest absolute Gasteiger partial charge is 0.355 e. The molecule has 1 heterocycles. The molecule has 0 radical (unpaired) electrons. The third-order valence-corrected chi connectivity index (χ3v) is 2.18. The average Bonchev–Trinajstić information content (AvgIpc) is 2.16. The van der Waals surface area contributed by atoms with Gasteiger partial charge in [0.25, 0.3) is 0 Å². The van der Waals surface area contributed by atoms with Crippen molar-refractivity contribution in [1.82, 2.24) is 9.97 Å². The zero-order valence-electron chi connectivity index (χ0n) is 8.16. The standard InChI is InChI=1S/C10H12BrN3/c1-4-8(7(2)3)14-10-6-12-9(11)5-13-10/h1,5-8H,2-3H3,(H,13,14). The van der Waals surface area contributed by atoms with Crippen LogP contribution in [-0.2, 0) is 0 Å². The van der Waals surface area contributed by atoms with Crippen LogP contribution in [0.3, 0.4) is 0 Å². The lowest BCUT2D eigenvalue weighted by Gasteiger charge is -2.16. The first-order valence-corrected chi connectivity index (χ1v) is 5.13. The van der Waals surface area contributed by atoms with Gasteiger partial charge in [-0.15, -0.1) is 6.42 Å². The summed E-state index contributed by atoms with van der Waals surface area (Å²) in [7, 11) is 0. The molecule has 1 rings (SSSR count). The molecule has 1 N–H and O–H groups in total. The SMILES string of the molecule is C#CC(Nc1cnc(Br)cn1)C(C)C. The number of terminal acetylenes is 1. The molecular weight excluding hydrogens is 242 g/mol. The second-order valence-corrected chi connectivity index (χ2v) is 4.07. The Labute approximate surface area is 92.5 Å². The summed E-state index contributed by atoms with van der Waals surface area (Å²) >= 11 is 3.22. The smallest absolute Gasteiger partial charge is 0.145 e. The summed E-state index contributed by atoms with van der Waals surface area (Å²) in [5, 5.41) is 3.12. The Morgan fingerprint density at radius 2 is 2.14 bits per heavy atom. The van der Waals surface area contributed by atoms with Gasteiger partial charge in [0.05, 0.1) is 18.4 Å². The summed E-state index contributed by atoms with van der Waals surface area (Å²) in [6.07, 6.45) is 8.67. The van der Waals surface area contributed by atoms with E-state index >= 15 is 0 Å². The van der Waals surface area contributed by atoms with E-state index in [4.69, 9.17) is 6.42 Å². The molecule has 1 atom stereocenters. The van der Waals surface area contributed by atoms with Gasteiger partial charge in [-0.1, -0.05) is 19.8 Å². The molecule has 0 saturated heterocycles. The van der Waals surface area contributed by atoms with E-state index in [1.807, 2.05) is 0 Å². The Morgan fingerprint density at radius 1 is 1.43 bits per heavy atom. The van der Waals surface area contributed by atoms with Gasteiger partial charge in [0.2, 0.25) is 0 Å². The molecule has 0 bridgehead atoms. The van der Waals surface area contributed by atoms with E-state index in [1.165, 1.54) is 0 Å². The molecular formula is C10H12BrN3. The maximum Gasteiger partial charge on any atom is 0.145 e. The van der Waals surface area contributed by atoms with E-state index in [9.17, 15) is 0 Å². The molecule has 0 saturated carbocycles. The molecule has 3 nitrogen and oxygen atoms in total. The van der Waals surface area contributed by atoms with E-state index in [2.05, 4.69) is 51.0 Å². The lowest BCUT2D eigenvalue weighted by Crippen LogP contribution is -2.24. The van der Waals surface area contributed by atoms with Crippen molar-refractivity contribution in [3.8, 4) is 12.3 Å². The van der Waals surface area contributed by atoms with E-state index in [1.54, 1.807) is 12.4 Å². The minimum atomic E-state index is -0.00882. The highest BCUT2D eigenvalue weighted by atomic mass is 79.9. The van der Waals surface area contributed by atoms with Crippen LogP contribution in [-0.4, -0.2) is 16.0 Å². The number of nitrogens with zero attached hydrogens (tertiary/aromatic N) is 2. The highest BCUT2D eigenvalue weighted by Gasteiger charge is 2.09. The molecule has 74 valence electrons. The van der Waals surface area contributed by atoms with Crippen LogP contribution in [0.5, 0.6) is 0 Å². The first kappa shape index (κ1) is 11.0. The number of rotatable bonds is 3. The van der Waals surface area contributed by atoms with E-state index in [0.29, 0.717) is 16.3 Å². The molecule has 1 aromatic heterocycles. The molecule has 0 amide bonds. The molecule has 0 fully saturated rings. The van der Waals surface area contributed by atoms with Crippen LogP contribution in [0.4, 0.5) is 5.82 Å². The summed E-state index contributed by atoms with van der Waals surface area (Å²) in [5.74, 6) is 3.74. The Bertz CT molecular complexity index is 326. The molecule has 0 aliphatic carbocycles. The maximum atomic E-state index is 5.38. The van der Waals surface area contributed by atoms with Crippen molar-refractivity contribution in [2.24, 2.45) is 5.92 Å². The van der Waals surface area contributed by atoms with Crippen molar-refractivity contribution in [3.63, 3.8) is 0 Å². The van der Waals surface area contributed by atoms with Crippen molar-refractivity contribution in [2.45, 2.75) is 19.9 Å². The summed E-state index contributed by atoms with van der Waals surface area (Å²) in [4.78, 5) is 8.18. The van der Waals surface area contributed by atoms with E-state index < -0.39 is 0 Å². The fraction of sp³-hybridized carbons (Fsp3) is 0.400. The quantitative estimate of drug-likeness (QED) is 0.841. The predicted octanol–water partition coefficient (Wildman–Crippen LogP) is 2.31. The fourth-order valence-electron chi connectivity index (χ4n) is 0.947. The van der Waals surface area contributed by atoms with Gasteiger partial charge in [0, 0.05) is 0 Å². The van der Waals surface area contributed by atoms with Crippen LogP contribution in [0.25, 0.3) is 0 Å². The summed E-state index contributed by atoms with van der Waals surface area (Å²) in [5.41, 5.74) is 0. The van der Waals surface area contributed by atoms with Crippen LogP contribution in [0.2, 0.25) is 0 Å². The van der Waals surface area contributed by atoms with Crippen LogP contribution < -0.4 is 5.32 Å². The zero-order chi connectivity index (χ0) is 10.6. The van der Waals surface area contributed by atoms with Crippen LogP contribution in [0, 0.1) is 18.3 Å². The van der Waals surface area contributed by atoms with Gasteiger partial charge in [-0.2, -0.15) is 0 Å². The Kier molecular flexibility index (Phi) is 3.90. The highest BCUT2D eigenvalue weighted by Crippen LogP contribution is 2.10. The first-order chi connectivity index (χ1) is 6.63. The maximum absolute atomic E-state index is 5.38. The van der Waals surface area contributed by atoms with Crippen LogP contribution >= 0.6 is 15.9 Å². The Balaban J connectivity index is 2.69. The molecule has 14 heavy (non-hydrogen) atoms. The zero-order valence-corrected chi connectivity index (χ0v) is 9.75. The van der Waals surface area contributed by atoms with Gasteiger partial charge in [-0.05, 0) is 21.8 Å². The summed E-state index contributed by atoms with van der Waals surface area (Å²) < 4.78 is 0.713. The Morgan fingerprint density at radius 3 is 2.57 bits per heavy atom. The number of anilines is 1. The van der Waals surface area contributed by atoms with Gasteiger partial charge in [0.15, 0.2) is 0 Å². The number of aromatic nitrogens is 2. The van der Waals surface area contributed by atoms with Gasteiger partial charge >= 0.3 is 0 Å². The van der Waals surface area contributed by atoms with Crippen molar-refractivity contribution in [3.05, 3.63) is 17.0 Å². The van der Waals surface area contributed by atoms with Gasteiger partial charge in [-0.25, -0.2) is 9.97 Å². The molecule has 1 aromatic rings. The molecule has 1 unspecified atom stereocenters. The Hall–Kier alpha value is -1.08. The lowest BCUT2D eigenvalue weighted by molar-refractivity contribution is 0.612. The second kappa shape index (κ2) is 4.97. The van der Waals surface area contributed by atoms with Crippen molar-refractivity contribution >= 4 is 21.7 Å². The predicted molar refractivity (Wildman–Crippen MR) is 60.8 cm³/mol. The average molecular weight is 254 g/mol. The molecule has 0 spiro atoms.